The molecule has 1 fully saturated rings. The van der Waals surface area contributed by atoms with Crippen LogP contribution in [-0.4, -0.2) is 52.9 Å². The normalized spacial score (nSPS) is 15.3. The molecule has 8 nitrogen and oxygen atoms in total. The lowest BCUT2D eigenvalue weighted by Gasteiger charge is -2.26. The number of morpholine rings is 1. The molecule has 0 saturated carbocycles. The summed E-state index contributed by atoms with van der Waals surface area (Å²) in [5.74, 6) is 0.230. The summed E-state index contributed by atoms with van der Waals surface area (Å²) in [5, 5.41) is 9.97. The van der Waals surface area contributed by atoms with Gasteiger partial charge in [-0.2, -0.15) is 5.10 Å². The lowest BCUT2D eigenvalue weighted by atomic mass is 9.96. The summed E-state index contributed by atoms with van der Waals surface area (Å²) in [6.07, 6.45) is 3.20. The number of nitrogens with one attached hydrogen (secondary N) is 2. The van der Waals surface area contributed by atoms with E-state index < -0.39 is 0 Å². The number of aromatic nitrogens is 2. The fourth-order valence-electron chi connectivity index (χ4n) is 3.17. The molecule has 2 aromatic rings. The molecule has 28 heavy (non-hydrogen) atoms. The van der Waals surface area contributed by atoms with Gasteiger partial charge in [0.15, 0.2) is 0 Å². The van der Waals surface area contributed by atoms with Crippen LogP contribution in [0.5, 0.6) is 0 Å². The lowest BCUT2D eigenvalue weighted by molar-refractivity contribution is -0.136. The molecule has 1 aromatic heterocycles. The first kappa shape index (κ1) is 19.9. The van der Waals surface area contributed by atoms with Crippen molar-refractivity contribution in [3.63, 3.8) is 0 Å². The maximum atomic E-state index is 12.4. The smallest absolute Gasteiger partial charge is 0.319 e. The van der Waals surface area contributed by atoms with Crippen molar-refractivity contribution in [2.75, 3.05) is 31.6 Å². The Labute approximate surface area is 164 Å². The van der Waals surface area contributed by atoms with Gasteiger partial charge in [-0.1, -0.05) is 44.2 Å². The lowest BCUT2D eigenvalue weighted by Crippen LogP contribution is -2.42. The Morgan fingerprint density at radius 3 is 2.57 bits per heavy atom. The standard InChI is InChI=1S/C20H27N5O3/c1-15(2)19(16-6-4-3-5-7-16)23-20(27)22-17-12-21-25(13-17)14-18(26)24-8-10-28-11-9-24/h3-7,12-13,15,19H,8-11,14H2,1-2H3,(H2,22,23,27)/t19-/m1/s1. The van der Waals surface area contributed by atoms with Gasteiger partial charge in [0, 0.05) is 19.3 Å². The molecule has 2 N–H and O–H groups in total. The summed E-state index contributed by atoms with van der Waals surface area (Å²) in [6.45, 7) is 6.60. The zero-order valence-corrected chi connectivity index (χ0v) is 16.3. The Hall–Kier alpha value is -2.87. The number of amides is 3. The van der Waals surface area contributed by atoms with Crippen LogP contribution in [0.4, 0.5) is 10.5 Å². The second kappa shape index (κ2) is 9.36. The second-order valence-corrected chi connectivity index (χ2v) is 7.15. The average Bonchev–Trinajstić information content (AvgIpc) is 3.13. The minimum absolute atomic E-state index is 0.00801. The van der Waals surface area contributed by atoms with Gasteiger partial charge in [-0.3, -0.25) is 9.48 Å². The largest absolute Gasteiger partial charge is 0.378 e. The molecule has 8 heteroatoms. The third kappa shape index (κ3) is 5.32. The minimum atomic E-state index is -0.304. The molecule has 2 heterocycles. The Morgan fingerprint density at radius 1 is 1.18 bits per heavy atom. The van der Waals surface area contributed by atoms with E-state index in [1.807, 2.05) is 30.3 Å². The number of rotatable bonds is 6. The molecule has 1 aliphatic heterocycles. The van der Waals surface area contributed by atoms with Gasteiger partial charge in [-0.15, -0.1) is 0 Å². The van der Waals surface area contributed by atoms with Gasteiger partial charge in [0.2, 0.25) is 5.91 Å². The topological polar surface area (TPSA) is 88.5 Å². The van der Waals surface area contributed by atoms with Crippen molar-refractivity contribution < 1.29 is 14.3 Å². The highest BCUT2D eigenvalue weighted by atomic mass is 16.5. The molecule has 3 rings (SSSR count). The second-order valence-electron chi connectivity index (χ2n) is 7.15. The van der Waals surface area contributed by atoms with Crippen LogP contribution in [0.25, 0.3) is 0 Å². The molecule has 3 amide bonds. The zero-order chi connectivity index (χ0) is 19.9. The van der Waals surface area contributed by atoms with Crippen LogP contribution in [0.1, 0.15) is 25.5 Å². The van der Waals surface area contributed by atoms with Crippen LogP contribution in [0.3, 0.4) is 0 Å². The number of carbonyl (C=O) groups is 2. The molecule has 150 valence electrons. The number of nitrogens with zero attached hydrogens (tertiary/aromatic N) is 3. The zero-order valence-electron chi connectivity index (χ0n) is 16.3. The molecule has 1 aromatic carbocycles. The van der Waals surface area contributed by atoms with Gasteiger partial charge in [0.1, 0.15) is 6.54 Å². The Balaban J connectivity index is 1.55. The summed E-state index contributed by atoms with van der Waals surface area (Å²) >= 11 is 0. The summed E-state index contributed by atoms with van der Waals surface area (Å²) in [6, 6.07) is 9.47. The van der Waals surface area contributed by atoms with E-state index in [1.165, 1.54) is 4.68 Å². The van der Waals surface area contributed by atoms with E-state index in [2.05, 4.69) is 29.6 Å². The van der Waals surface area contributed by atoms with Crippen molar-refractivity contribution in [3.05, 3.63) is 48.3 Å². The van der Waals surface area contributed by atoms with Crippen LogP contribution in [-0.2, 0) is 16.1 Å². The predicted molar refractivity (Wildman–Crippen MR) is 106 cm³/mol. The number of hydrogen-bond acceptors (Lipinski definition) is 4. The van der Waals surface area contributed by atoms with Gasteiger partial charge in [-0.25, -0.2) is 4.79 Å². The Bertz CT molecular complexity index is 784. The quantitative estimate of drug-likeness (QED) is 0.798. The first-order valence-electron chi connectivity index (χ1n) is 9.53. The fraction of sp³-hybridized carbons (Fsp3) is 0.450. The number of ether oxygens (including phenoxy) is 1. The molecule has 1 saturated heterocycles. The maximum Gasteiger partial charge on any atom is 0.319 e. The van der Waals surface area contributed by atoms with Crippen LogP contribution in [0.15, 0.2) is 42.7 Å². The third-order valence-corrected chi connectivity index (χ3v) is 4.66. The van der Waals surface area contributed by atoms with Crippen molar-refractivity contribution in [3.8, 4) is 0 Å². The summed E-state index contributed by atoms with van der Waals surface area (Å²) < 4.78 is 6.79. The maximum absolute atomic E-state index is 12.4. The minimum Gasteiger partial charge on any atom is -0.378 e. The highest BCUT2D eigenvalue weighted by Gasteiger charge is 2.19. The van der Waals surface area contributed by atoms with Crippen molar-refractivity contribution in [1.29, 1.82) is 0 Å². The Morgan fingerprint density at radius 2 is 1.89 bits per heavy atom. The van der Waals surface area contributed by atoms with Crippen LogP contribution < -0.4 is 10.6 Å². The SMILES string of the molecule is CC(C)[C@@H](NC(=O)Nc1cnn(CC(=O)N2CCOCC2)c1)c1ccccc1. The van der Waals surface area contributed by atoms with E-state index >= 15 is 0 Å². The van der Waals surface area contributed by atoms with Gasteiger partial charge in [0.25, 0.3) is 0 Å². The number of anilines is 1. The highest BCUT2D eigenvalue weighted by molar-refractivity contribution is 5.89. The van der Waals surface area contributed by atoms with Crippen molar-refractivity contribution in [1.82, 2.24) is 20.0 Å². The van der Waals surface area contributed by atoms with E-state index in [0.717, 1.165) is 5.56 Å². The molecular formula is C20H27N5O3. The first-order valence-corrected chi connectivity index (χ1v) is 9.53. The van der Waals surface area contributed by atoms with Gasteiger partial charge in [0.05, 0.1) is 31.1 Å². The summed E-state index contributed by atoms with van der Waals surface area (Å²) in [4.78, 5) is 26.5. The fourth-order valence-corrected chi connectivity index (χ4v) is 3.17. The highest BCUT2D eigenvalue weighted by Crippen LogP contribution is 2.21. The Kier molecular flexibility index (Phi) is 6.65. The van der Waals surface area contributed by atoms with Gasteiger partial charge < -0.3 is 20.3 Å². The molecular weight excluding hydrogens is 358 g/mol. The number of urea groups is 1. The van der Waals surface area contributed by atoms with E-state index in [9.17, 15) is 9.59 Å². The first-order chi connectivity index (χ1) is 13.5. The number of hydrogen-bond donors (Lipinski definition) is 2. The average molecular weight is 385 g/mol. The van der Waals surface area contributed by atoms with Crippen LogP contribution in [0.2, 0.25) is 0 Å². The molecule has 0 spiro atoms. The van der Waals surface area contributed by atoms with E-state index in [0.29, 0.717) is 32.0 Å². The van der Waals surface area contributed by atoms with E-state index in [-0.39, 0.29) is 30.4 Å². The number of carbonyl (C=O) groups excluding carboxylic acids is 2. The van der Waals surface area contributed by atoms with Crippen LogP contribution in [0, 0.1) is 5.92 Å². The van der Waals surface area contributed by atoms with Gasteiger partial charge in [-0.05, 0) is 11.5 Å². The molecule has 1 atom stereocenters. The molecule has 1 aliphatic rings. The molecule has 0 aliphatic carbocycles. The molecule has 0 unspecified atom stereocenters. The van der Waals surface area contributed by atoms with Crippen molar-refractivity contribution >= 4 is 17.6 Å². The molecule has 0 bridgehead atoms. The van der Waals surface area contributed by atoms with Crippen molar-refractivity contribution in [2.45, 2.75) is 26.4 Å². The monoisotopic (exact) mass is 385 g/mol. The third-order valence-electron chi connectivity index (χ3n) is 4.66. The predicted octanol–water partition coefficient (Wildman–Crippen LogP) is 2.26. The van der Waals surface area contributed by atoms with E-state index in [4.69, 9.17) is 4.74 Å². The van der Waals surface area contributed by atoms with Gasteiger partial charge >= 0.3 is 6.03 Å². The van der Waals surface area contributed by atoms with Crippen molar-refractivity contribution in [2.24, 2.45) is 5.92 Å². The summed E-state index contributed by atoms with van der Waals surface area (Å²) in [5.41, 5.74) is 1.60. The van der Waals surface area contributed by atoms with Crippen LogP contribution >= 0.6 is 0 Å². The summed E-state index contributed by atoms with van der Waals surface area (Å²) in [7, 11) is 0. The van der Waals surface area contributed by atoms with E-state index in [1.54, 1.807) is 17.3 Å². The number of benzene rings is 1. The molecule has 0 radical (unpaired) electrons.